The second-order valence-corrected chi connectivity index (χ2v) is 21.8. The first-order chi connectivity index (χ1) is 29.6. The summed E-state index contributed by atoms with van der Waals surface area (Å²) in [5.74, 6) is 0.105. The fourth-order valence-corrected chi connectivity index (χ4v) is 11.4. The van der Waals surface area contributed by atoms with Crippen LogP contribution in [0.3, 0.4) is 0 Å². The van der Waals surface area contributed by atoms with Crippen molar-refractivity contribution >= 4 is 20.6 Å². The molecule has 0 rings (SSSR count). The van der Waals surface area contributed by atoms with Gasteiger partial charge in [0.1, 0.15) is 6.04 Å². The highest BCUT2D eigenvalue weighted by Crippen LogP contribution is 2.20. The fourth-order valence-electron chi connectivity index (χ4n) is 8.81. The Hall–Kier alpha value is -0.523. The number of hydrogen-bond donors (Lipinski definition) is 1. The summed E-state index contributed by atoms with van der Waals surface area (Å²) in [7, 11) is 1.97. The molecule has 0 aliphatic rings. The molecule has 8 nitrogen and oxygen atoms in total. The SMILES string of the molecule is CCCCCCCCCCCCCCCCN(CCCCCCCCCCCCCCCC)C(=O)C(C)NC(=O)CCCCC[N+](C)(C)CCC[Si](OCC)(OCC)OCC.[Br-]. The number of amides is 2. The lowest BCUT2D eigenvalue weighted by molar-refractivity contribution is -0.890. The molecule has 0 saturated carbocycles. The molecule has 372 valence electrons. The van der Waals surface area contributed by atoms with Gasteiger partial charge < -0.3 is 45.0 Å². The van der Waals surface area contributed by atoms with E-state index in [0.29, 0.717) is 26.2 Å². The van der Waals surface area contributed by atoms with E-state index in [-0.39, 0.29) is 28.8 Å². The van der Waals surface area contributed by atoms with E-state index in [1.807, 2.05) is 27.7 Å². The minimum Gasteiger partial charge on any atom is -1.00 e. The van der Waals surface area contributed by atoms with Gasteiger partial charge in [-0.1, -0.05) is 181 Å². The number of nitrogens with one attached hydrogen (secondary N) is 1. The quantitative estimate of drug-likeness (QED) is 0.0373. The first-order valence-corrected chi connectivity index (χ1v) is 28.8. The van der Waals surface area contributed by atoms with Gasteiger partial charge in [0.25, 0.3) is 0 Å². The van der Waals surface area contributed by atoms with Gasteiger partial charge in [0.05, 0.1) is 27.2 Å². The zero-order valence-electron chi connectivity index (χ0n) is 42.9. The molecule has 0 aromatic carbocycles. The van der Waals surface area contributed by atoms with Gasteiger partial charge in [-0.2, -0.15) is 0 Å². The second kappa shape index (κ2) is 45.6. The Morgan fingerprint density at radius 1 is 0.484 bits per heavy atom. The van der Waals surface area contributed by atoms with Crippen molar-refractivity contribution in [2.75, 3.05) is 60.1 Å². The summed E-state index contributed by atoms with van der Waals surface area (Å²) in [4.78, 5) is 28.8. The molecule has 0 spiro atoms. The van der Waals surface area contributed by atoms with E-state index < -0.39 is 14.8 Å². The molecule has 0 fully saturated rings. The van der Waals surface area contributed by atoms with Crippen LogP contribution in [0.5, 0.6) is 0 Å². The van der Waals surface area contributed by atoms with E-state index in [1.165, 1.54) is 167 Å². The molecule has 1 unspecified atom stereocenters. The van der Waals surface area contributed by atoms with Crippen LogP contribution in [0.25, 0.3) is 0 Å². The van der Waals surface area contributed by atoms with Crippen LogP contribution >= 0.6 is 0 Å². The van der Waals surface area contributed by atoms with Crippen LogP contribution in [0, 0.1) is 0 Å². The Balaban J connectivity index is 0. The Morgan fingerprint density at radius 2 is 0.806 bits per heavy atom. The average molecular weight is 963 g/mol. The molecule has 0 aliphatic carbocycles. The number of nitrogens with zero attached hydrogens (tertiary/aromatic N) is 2. The molecule has 0 radical (unpaired) electrons. The normalized spacial score (nSPS) is 12.4. The van der Waals surface area contributed by atoms with E-state index >= 15 is 0 Å². The summed E-state index contributed by atoms with van der Waals surface area (Å²) in [6, 6.07) is 0.375. The summed E-state index contributed by atoms with van der Waals surface area (Å²) >= 11 is 0. The maximum atomic E-state index is 13.7. The maximum absolute atomic E-state index is 13.7. The molecular formula is C52H108BrN3O5Si. The predicted octanol–water partition coefficient (Wildman–Crippen LogP) is 11.4. The molecule has 0 saturated heterocycles. The summed E-state index contributed by atoms with van der Waals surface area (Å²) in [5, 5.41) is 3.08. The molecule has 0 aromatic heterocycles. The van der Waals surface area contributed by atoms with Gasteiger partial charge in [0.15, 0.2) is 0 Å². The first kappa shape index (κ1) is 63.6. The largest absolute Gasteiger partial charge is 1.00 e. The van der Waals surface area contributed by atoms with Gasteiger partial charge in [-0.3, -0.25) is 9.59 Å². The van der Waals surface area contributed by atoms with Crippen molar-refractivity contribution in [3.05, 3.63) is 0 Å². The van der Waals surface area contributed by atoms with Crippen LogP contribution in [0.1, 0.15) is 253 Å². The van der Waals surface area contributed by atoms with Gasteiger partial charge >= 0.3 is 8.80 Å². The highest BCUT2D eigenvalue weighted by molar-refractivity contribution is 6.60. The van der Waals surface area contributed by atoms with Crippen molar-refractivity contribution in [3.8, 4) is 0 Å². The Labute approximate surface area is 399 Å². The molecule has 0 bridgehead atoms. The third-order valence-electron chi connectivity index (χ3n) is 12.6. The van der Waals surface area contributed by atoms with E-state index in [9.17, 15) is 9.59 Å². The van der Waals surface area contributed by atoms with Crippen molar-refractivity contribution < 1.29 is 44.3 Å². The zero-order valence-corrected chi connectivity index (χ0v) is 45.5. The van der Waals surface area contributed by atoms with E-state index in [0.717, 1.165) is 75.2 Å². The zero-order chi connectivity index (χ0) is 45.1. The summed E-state index contributed by atoms with van der Waals surface area (Å²) in [6.07, 6.45) is 41.8. The second-order valence-electron chi connectivity index (χ2n) is 19.1. The van der Waals surface area contributed by atoms with E-state index in [4.69, 9.17) is 13.3 Å². The molecule has 0 heterocycles. The molecule has 1 atom stereocenters. The Morgan fingerprint density at radius 3 is 1.16 bits per heavy atom. The molecule has 0 aromatic rings. The number of hydrogen-bond acceptors (Lipinski definition) is 5. The van der Waals surface area contributed by atoms with E-state index in [2.05, 4.69) is 38.2 Å². The minimum absolute atomic E-state index is 0. The van der Waals surface area contributed by atoms with Gasteiger partial charge in [0, 0.05) is 51.8 Å². The highest BCUT2D eigenvalue weighted by Gasteiger charge is 2.40. The number of carbonyl (C=O) groups excluding carboxylic acids is 2. The highest BCUT2D eigenvalue weighted by atomic mass is 79.9. The summed E-state index contributed by atoms with van der Waals surface area (Å²) < 4.78 is 19.1. The number of rotatable bonds is 48. The lowest BCUT2D eigenvalue weighted by atomic mass is 10.0. The molecular weight excluding hydrogens is 855 g/mol. The maximum Gasteiger partial charge on any atom is 0.501 e. The number of halogens is 1. The van der Waals surface area contributed by atoms with Crippen molar-refractivity contribution in [2.24, 2.45) is 0 Å². The number of unbranched alkanes of at least 4 members (excludes halogenated alkanes) is 28. The predicted molar refractivity (Wildman–Crippen MR) is 265 cm³/mol. The van der Waals surface area contributed by atoms with Crippen LogP contribution in [0.2, 0.25) is 6.04 Å². The van der Waals surface area contributed by atoms with Crippen LogP contribution < -0.4 is 22.3 Å². The Kier molecular flexibility index (Phi) is 46.8. The lowest BCUT2D eigenvalue weighted by Crippen LogP contribution is -3.00. The number of carbonyl (C=O) groups is 2. The van der Waals surface area contributed by atoms with Crippen LogP contribution in [0.4, 0.5) is 0 Å². The van der Waals surface area contributed by atoms with Gasteiger partial charge in [-0.25, -0.2) is 0 Å². The van der Waals surface area contributed by atoms with Crippen molar-refractivity contribution in [1.82, 2.24) is 10.2 Å². The van der Waals surface area contributed by atoms with Crippen molar-refractivity contribution in [1.29, 1.82) is 0 Å². The molecule has 10 heteroatoms. The summed E-state index contributed by atoms with van der Waals surface area (Å²) in [5.41, 5.74) is 0. The van der Waals surface area contributed by atoms with Crippen LogP contribution in [-0.4, -0.2) is 96.1 Å². The summed E-state index contributed by atoms with van der Waals surface area (Å²) in [6.45, 7) is 18.1. The number of quaternary nitrogens is 1. The van der Waals surface area contributed by atoms with Gasteiger partial charge in [0.2, 0.25) is 11.8 Å². The average Bonchev–Trinajstić information content (AvgIpc) is 3.22. The van der Waals surface area contributed by atoms with Crippen molar-refractivity contribution in [3.63, 3.8) is 0 Å². The van der Waals surface area contributed by atoms with Crippen LogP contribution in [0.15, 0.2) is 0 Å². The van der Waals surface area contributed by atoms with Crippen molar-refractivity contribution in [2.45, 2.75) is 266 Å². The third kappa shape index (κ3) is 38.7. The van der Waals surface area contributed by atoms with Gasteiger partial charge in [-0.15, -0.1) is 0 Å². The molecule has 62 heavy (non-hydrogen) atoms. The third-order valence-corrected chi connectivity index (χ3v) is 15.8. The lowest BCUT2D eigenvalue weighted by Gasteiger charge is -2.32. The fraction of sp³-hybridized carbons (Fsp3) is 0.962. The molecule has 2 amide bonds. The minimum atomic E-state index is -2.61. The molecule has 0 aliphatic heterocycles. The monoisotopic (exact) mass is 962 g/mol. The molecule has 1 N–H and O–H groups in total. The Bertz CT molecular complexity index is 928. The van der Waals surface area contributed by atoms with E-state index in [1.54, 1.807) is 0 Å². The topological polar surface area (TPSA) is 77.1 Å². The standard InChI is InChI=1S/C52H107N3O5Si.BrH/c1-9-14-16-18-20-22-24-26-28-30-32-34-36-40-45-54(46-41-37-35-33-31-29-27-25-23-21-19-17-15-10-2)52(57)50(6)53-51(56)44-39-38-42-47-55(7,8)48-43-49-61(58-11-3,59-12-4)60-13-5;/h50H,9-49H2,1-8H3;1H. The van der Waals surface area contributed by atoms with Gasteiger partial charge in [-0.05, 0) is 59.8 Å². The van der Waals surface area contributed by atoms with Crippen LogP contribution in [-0.2, 0) is 22.9 Å². The first-order valence-electron chi connectivity index (χ1n) is 26.9. The smallest absolute Gasteiger partial charge is 0.501 e.